The Bertz CT molecular complexity index is 1130. The summed E-state index contributed by atoms with van der Waals surface area (Å²) in [5.74, 6) is 1.88. The van der Waals surface area contributed by atoms with Crippen molar-refractivity contribution in [2.24, 2.45) is 5.92 Å². The molecule has 0 bridgehead atoms. The number of aromatic nitrogens is 1. The second kappa shape index (κ2) is 9.67. The lowest BCUT2D eigenvalue weighted by Crippen LogP contribution is -2.16. The average Bonchev–Trinajstić information content (AvgIpc) is 2.79. The number of aryl methyl sites for hydroxylation is 1. The molecule has 5 nitrogen and oxygen atoms in total. The van der Waals surface area contributed by atoms with E-state index in [4.69, 9.17) is 9.72 Å². The van der Waals surface area contributed by atoms with Gasteiger partial charge in [0.1, 0.15) is 16.8 Å². The number of benzene rings is 2. The first kappa shape index (κ1) is 21.0. The Morgan fingerprint density at radius 3 is 2.81 bits per heavy atom. The molecule has 1 N–H and O–H groups in total. The Hall–Kier alpha value is -3.30. The SMILES string of the molecule is CC1CCc2nc(SCC(=O)Nc3ccccc3Oc3ccccc3)c(C#N)cc2C1. The molecule has 3 aromatic rings. The summed E-state index contributed by atoms with van der Waals surface area (Å²) in [7, 11) is 0. The molecular weight excluding hydrogens is 406 g/mol. The Labute approximate surface area is 186 Å². The summed E-state index contributed by atoms with van der Waals surface area (Å²) in [4.78, 5) is 17.3. The summed E-state index contributed by atoms with van der Waals surface area (Å²) in [6.45, 7) is 2.22. The van der Waals surface area contributed by atoms with E-state index >= 15 is 0 Å². The summed E-state index contributed by atoms with van der Waals surface area (Å²) in [6, 6.07) is 20.9. The summed E-state index contributed by atoms with van der Waals surface area (Å²) in [5.41, 5.74) is 3.36. The lowest BCUT2D eigenvalue weighted by molar-refractivity contribution is -0.113. The van der Waals surface area contributed by atoms with Gasteiger partial charge in [-0.1, -0.05) is 49.0 Å². The van der Waals surface area contributed by atoms with Gasteiger partial charge in [-0.15, -0.1) is 0 Å². The second-order valence-corrected chi connectivity index (χ2v) is 8.62. The Morgan fingerprint density at radius 1 is 1.23 bits per heavy atom. The fraction of sp³-hybridized carbons (Fsp3) is 0.240. The smallest absolute Gasteiger partial charge is 0.234 e. The molecular formula is C25H23N3O2S. The van der Waals surface area contributed by atoms with Gasteiger partial charge in [0, 0.05) is 5.69 Å². The highest BCUT2D eigenvalue weighted by Crippen LogP contribution is 2.31. The third kappa shape index (κ3) is 5.25. The molecule has 1 atom stereocenters. The van der Waals surface area contributed by atoms with Crippen molar-refractivity contribution in [2.75, 3.05) is 11.1 Å². The Morgan fingerprint density at radius 2 is 2.00 bits per heavy atom. The van der Waals surface area contributed by atoms with Gasteiger partial charge in [0.25, 0.3) is 0 Å². The van der Waals surface area contributed by atoms with Crippen LogP contribution in [0, 0.1) is 17.2 Å². The maximum Gasteiger partial charge on any atom is 0.234 e. The molecule has 1 heterocycles. The summed E-state index contributed by atoms with van der Waals surface area (Å²) in [6.07, 6.45) is 2.99. The molecule has 2 aromatic carbocycles. The van der Waals surface area contributed by atoms with Crippen LogP contribution in [-0.4, -0.2) is 16.6 Å². The zero-order chi connectivity index (χ0) is 21.6. The van der Waals surface area contributed by atoms with Gasteiger partial charge in [-0.3, -0.25) is 4.79 Å². The van der Waals surface area contributed by atoms with Crippen molar-refractivity contribution >= 4 is 23.4 Å². The van der Waals surface area contributed by atoms with Crippen molar-refractivity contribution in [3.8, 4) is 17.6 Å². The fourth-order valence-electron chi connectivity index (χ4n) is 3.61. The first-order chi connectivity index (χ1) is 15.1. The van der Waals surface area contributed by atoms with Crippen LogP contribution in [-0.2, 0) is 17.6 Å². The van der Waals surface area contributed by atoms with Crippen LogP contribution in [0.15, 0.2) is 65.7 Å². The van der Waals surface area contributed by atoms with E-state index in [2.05, 4.69) is 18.3 Å². The number of carbonyl (C=O) groups is 1. The fourth-order valence-corrected chi connectivity index (χ4v) is 4.39. The van der Waals surface area contributed by atoms with Gasteiger partial charge < -0.3 is 10.1 Å². The van der Waals surface area contributed by atoms with Crippen molar-refractivity contribution in [3.63, 3.8) is 0 Å². The predicted molar refractivity (Wildman–Crippen MR) is 122 cm³/mol. The number of hydrogen-bond acceptors (Lipinski definition) is 5. The van der Waals surface area contributed by atoms with Crippen LogP contribution in [0.5, 0.6) is 11.5 Å². The third-order valence-corrected chi connectivity index (χ3v) is 6.18. The van der Waals surface area contributed by atoms with Crippen molar-refractivity contribution in [1.82, 2.24) is 4.98 Å². The quantitative estimate of drug-likeness (QED) is 0.516. The minimum Gasteiger partial charge on any atom is -0.455 e. The lowest BCUT2D eigenvalue weighted by Gasteiger charge is -2.21. The zero-order valence-corrected chi connectivity index (χ0v) is 18.1. The number of para-hydroxylation sites is 3. The number of ether oxygens (including phenoxy) is 1. The highest BCUT2D eigenvalue weighted by atomic mass is 32.2. The number of amides is 1. The summed E-state index contributed by atoms with van der Waals surface area (Å²) < 4.78 is 5.90. The topological polar surface area (TPSA) is 75.0 Å². The number of pyridine rings is 1. The van der Waals surface area contributed by atoms with Crippen molar-refractivity contribution < 1.29 is 9.53 Å². The molecule has 0 saturated heterocycles. The molecule has 0 radical (unpaired) electrons. The monoisotopic (exact) mass is 429 g/mol. The molecule has 1 unspecified atom stereocenters. The van der Waals surface area contributed by atoms with Crippen LogP contribution >= 0.6 is 11.8 Å². The minimum absolute atomic E-state index is 0.163. The number of thioether (sulfide) groups is 1. The van der Waals surface area contributed by atoms with Crippen molar-refractivity contribution in [1.29, 1.82) is 5.26 Å². The predicted octanol–water partition coefficient (Wildman–Crippen LogP) is 5.60. The number of hydrogen-bond donors (Lipinski definition) is 1. The van der Waals surface area contributed by atoms with E-state index in [1.807, 2.05) is 54.6 Å². The largest absolute Gasteiger partial charge is 0.455 e. The molecule has 1 aliphatic carbocycles. The molecule has 31 heavy (non-hydrogen) atoms. The molecule has 1 aromatic heterocycles. The van der Waals surface area contributed by atoms with Gasteiger partial charge in [-0.2, -0.15) is 5.26 Å². The maximum atomic E-state index is 12.6. The zero-order valence-electron chi connectivity index (χ0n) is 17.3. The highest BCUT2D eigenvalue weighted by molar-refractivity contribution is 8.00. The number of carbonyl (C=O) groups excluding carboxylic acids is 1. The molecule has 0 aliphatic heterocycles. The van der Waals surface area contributed by atoms with E-state index in [1.165, 1.54) is 11.8 Å². The normalized spacial score (nSPS) is 14.9. The lowest BCUT2D eigenvalue weighted by atomic mass is 9.87. The maximum absolute atomic E-state index is 12.6. The van der Waals surface area contributed by atoms with Crippen LogP contribution < -0.4 is 10.1 Å². The van der Waals surface area contributed by atoms with Crippen LogP contribution in [0.25, 0.3) is 0 Å². The second-order valence-electron chi connectivity index (χ2n) is 7.65. The first-order valence-corrected chi connectivity index (χ1v) is 11.3. The van der Waals surface area contributed by atoms with Crippen LogP contribution in [0.2, 0.25) is 0 Å². The molecule has 1 aliphatic rings. The molecule has 4 rings (SSSR count). The minimum atomic E-state index is -0.175. The number of rotatable bonds is 6. The molecule has 0 saturated carbocycles. The van der Waals surface area contributed by atoms with E-state index < -0.39 is 0 Å². The first-order valence-electron chi connectivity index (χ1n) is 10.3. The van der Waals surface area contributed by atoms with Gasteiger partial charge in [-0.25, -0.2) is 4.98 Å². The highest BCUT2D eigenvalue weighted by Gasteiger charge is 2.20. The number of nitrogens with one attached hydrogen (secondary N) is 1. The molecule has 156 valence electrons. The standard InChI is InChI=1S/C25H23N3O2S/c1-17-11-12-21-18(13-17)14-19(15-26)25(28-21)31-16-24(29)27-22-9-5-6-10-23(22)30-20-7-3-2-4-8-20/h2-10,14,17H,11-13,16H2,1H3,(H,27,29). The molecule has 0 fully saturated rings. The molecule has 6 heteroatoms. The molecule has 0 spiro atoms. The number of fused-ring (bicyclic) bond motifs is 1. The van der Waals surface area contributed by atoms with Gasteiger partial charge in [0.2, 0.25) is 5.91 Å². The van der Waals surface area contributed by atoms with Crippen LogP contribution in [0.1, 0.15) is 30.2 Å². The van der Waals surface area contributed by atoms with E-state index in [-0.39, 0.29) is 11.7 Å². The molecule has 1 amide bonds. The summed E-state index contributed by atoms with van der Waals surface area (Å²) in [5, 5.41) is 13.1. The number of nitrogens with zero attached hydrogens (tertiary/aromatic N) is 2. The number of anilines is 1. The van der Waals surface area contributed by atoms with E-state index in [0.29, 0.717) is 33.7 Å². The average molecular weight is 430 g/mol. The Kier molecular flexibility index (Phi) is 6.54. The third-order valence-electron chi connectivity index (χ3n) is 5.19. The van der Waals surface area contributed by atoms with Gasteiger partial charge in [-0.05, 0) is 61.1 Å². The number of nitriles is 1. The van der Waals surface area contributed by atoms with Gasteiger partial charge >= 0.3 is 0 Å². The van der Waals surface area contributed by atoms with Crippen LogP contribution in [0.4, 0.5) is 5.69 Å². The summed E-state index contributed by atoms with van der Waals surface area (Å²) >= 11 is 1.30. The van der Waals surface area contributed by atoms with E-state index in [0.717, 1.165) is 30.5 Å². The van der Waals surface area contributed by atoms with Crippen LogP contribution in [0.3, 0.4) is 0 Å². The Balaban J connectivity index is 1.43. The van der Waals surface area contributed by atoms with E-state index in [9.17, 15) is 10.1 Å². The van der Waals surface area contributed by atoms with Crippen molar-refractivity contribution in [2.45, 2.75) is 31.2 Å². The van der Waals surface area contributed by atoms with Gasteiger partial charge in [0.15, 0.2) is 5.75 Å². The van der Waals surface area contributed by atoms with Crippen molar-refractivity contribution in [3.05, 3.63) is 77.5 Å². The van der Waals surface area contributed by atoms with E-state index in [1.54, 1.807) is 6.07 Å². The van der Waals surface area contributed by atoms with Gasteiger partial charge in [0.05, 0.1) is 17.0 Å².